The monoisotopic (exact) mass is 445 g/mol. The molecule has 0 radical (unpaired) electrons. The summed E-state index contributed by atoms with van der Waals surface area (Å²) in [5, 5.41) is 15.4. The van der Waals surface area contributed by atoms with Gasteiger partial charge in [-0.3, -0.25) is 4.79 Å². The number of hydrogen-bond donors (Lipinski definition) is 3. The number of nitrogens with one attached hydrogen (secondary N) is 2. The first-order valence-electron chi connectivity index (χ1n) is 9.17. The molecular formula is C19H23N7O4S. The van der Waals surface area contributed by atoms with Crippen molar-refractivity contribution in [1.29, 1.82) is 0 Å². The molecule has 164 valence electrons. The molecule has 4 N–H and O–H groups in total. The standard InChI is InChI=1S/C19H23N7O4S/c1-12(13-6-7-15(28-2)16(9-13)29-3)22-23-18-24-25-19(26(18)20)31-11-17(27)21-10-14-5-4-8-30-14/h4-9H,10-11,20H2,1-3H3,(H,21,27)(H,23,24)/b22-12+. The van der Waals surface area contributed by atoms with Crippen LogP contribution in [-0.4, -0.2) is 46.5 Å². The normalized spacial score (nSPS) is 11.3. The first kappa shape index (κ1) is 22.0. The van der Waals surface area contributed by atoms with Crippen LogP contribution < -0.4 is 26.1 Å². The zero-order chi connectivity index (χ0) is 22.2. The van der Waals surface area contributed by atoms with E-state index in [0.29, 0.717) is 34.7 Å². The number of ether oxygens (including phenoxy) is 2. The Morgan fingerprint density at radius 3 is 2.77 bits per heavy atom. The summed E-state index contributed by atoms with van der Waals surface area (Å²) in [7, 11) is 3.14. The van der Waals surface area contributed by atoms with Crippen LogP contribution in [0, 0.1) is 0 Å². The maximum atomic E-state index is 12.0. The number of benzene rings is 1. The second-order valence-electron chi connectivity index (χ2n) is 6.20. The van der Waals surface area contributed by atoms with Gasteiger partial charge in [-0.25, -0.2) is 10.1 Å². The number of furan rings is 1. The van der Waals surface area contributed by atoms with Crippen LogP contribution in [0.5, 0.6) is 11.5 Å². The number of nitrogens with two attached hydrogens (primary N) is 1. The molecule has 0 fully saturated rings. The fourth-order valence-corrected chi connectivity index (χ4v) is 3.18. The van der Waals surface area contributed by atoms with Crippen LogP contribution in [0.4, 0.5) is 5.95 Å². The Labute approximate surface area is 183 Å². The lowest BCUT2D eigenvalue weighted by Crippen LogP contribution is -2.24. The zero-order valence-corrected chi connectivity index (χ0v) is 18.1. The first-order valence-corrected chi connectivity index (χ1v) is 10.2. The Morgan fingerprint density at radius 1 is 1.26 bits per heavy atom. The second kappa shape index (κ2) is 10.4. The van der Waals surface area contributed by atoms with E-state index in [1.807, 2.05) is 19.1 Å². The van der Waals surface area contributed by atoms with E-state index in [4.69, 9.17) is 19.7 Å². The van der Waals surface area contributed by atoms with E-state index in [0.717, 1.165) is 17.3 Å². The van der Waals surface area contributed by atoms with E-state index >= 15 is 0 Å². The predicted molar refractivity (Wildman–Crippen MR) is 117 cm³/mol. The molecule has 0 saturated carbocycles. The van der Waals surface area contributed by atoms with Gasteiger partial charge in [-0.2, -0.15) is 5.10 Å². The van der Waals surface area contributed by atoms with Crippen molar-refractivity contribution in [1.82, 2.24) is 20.2 Å². The van der Waals surface area contributed by atoms with Crippen molar-refractivity contribution in [3.8, 4) is 11.5 Å². The number of anilines is 1. The van der Waals surface area contributed by atoms with E-state index in [9.17, 15) is 4.79 Å². The molecule has 2 aromatic heterocycles. The summed E-state index contributed by atoms with van der Waals surface area (Å²) in [6.45, 7) is 2.14. The van der Waals surface area contributed by atoms with Crippen molar-refractivity contribution in [3.63, 3.8) is 0 Å². The van der Waals surface area contributed by atoms with E-state index in [1.54, 1.807) is 38.7 Å². The number of hydrogen-bond acceptors (Lipinski definition) is 10. The van der Waals surface area contributed by atoms with Gasteiger partial charge >= 0.3 is 0 Å². The van der Waals surface area contributed by atoms with Crippen LogP contribution in [0.15, 0.2) is 51.3 Å². The lowest BCUT2D eigenvalue weighted by Gasteiger charge is -2.09. The number of nitrogens with zero attached hydrogens (tertiary/aromatic N) is 4. The predicted octanol–water partition coefficient (Wildman–Crippen LogP) is 1.85. The summed E-state index contributed by atoms with van der Waals surface area (Å²) >= 11 is 1.16. The Hall–Kier alpha value is -3.67. The van der Waals surface area contributed by atoms with Gasteiger partial charge in [-0.1, -0.05) is 11.8 Å². The van der Waals surface area contributed by atoms with E-state index < -0.39 is 0 Å². The number of amides is 1. The van der Waals surface area contributed by atoms with Crippen molar-refractivity contribution in [2.75, 3.05) is 31.2 Å². The molecule has 0 aliphatic heterocycles. The lowest BCUT2D eigenvalue weighted by atomic mass is 10.1. The van der Waals surface area contributed by atoms with E-state index in [-0.39, 0.29) is 17.6 Å². The van der Waals surface area contributed by atoms with Crippen molar-refractivity contribution in [2.45, 2.75) is 18.6 Å². The maximum absolute atomic E-state index is 12.0. The minimum Gasteiger partial charge on any atom is -0.493 e. The topological polar surface area (TPSA) is 142 Å². The molecule has 0 bridgehead atoms. The van der Waals surface area contributed by atoms with Gasteiger partial charge in [0.25, 0.3) is 5.95 Å². The van der Waals surface area contributed by atoms with Crippen molar-refractivity contribution >= 4 is 29.3 Å². The zero-order valence-electron chi connectivity index (χ0n) is 17.3. The summed E-state index contributed by atoms with van der Waals surface area (Å²) in [4.78, 5) is 12.0. The number of carbonyl (C=O) groups excluding carboxylic acids is 1. The third kappa shape index (κ3) is 5.69. The number of hydrazone groups is 1. The molecule has 0 saturated heterocycles. The van der Waals surface area contributed by atoms with Crippen LogP contribution in [0.2, 0.25) is 0 Å². The average Bonchev–Trinajstić information content (AvgIpc) is 3.43. The smallest absolute Gasteiger partial charge is 0.264 e. The van der Waals surface area contributed by atoms with Gasteiger partial charge in [0.05, 0.1) is 38.5 Å². The van der Waals surface area contributed by atoms with Crippen LogP contribution in [0.3, 0.4) is 0 Å². The molecule has 31 heavy (non-hydrogen) atoms. The first-order chi connectivity index (χ1) is 15.0. The largest absolute Gasteiger partial charge is 0.493 e. The van der Waals surface area contributed by atoms with Crippen molar-refractivity contribution < 1.29 is 18.7 Å². The van der Waals surface area contributed by atoms with Gasteiger partial charge in [-0.05, 0) is 37.3 Å². The number of aromatic nitrogens is 3. The van der Waals surface area contributed by atoms with Crippen LogP contribution in [-0.2, 0) is 11.3 Å². The Balaban J connectivity index is 1.56. The highest BCUT2D eigenvalue weighted by atomic mass is 32.2. The lowest BCUT2D eigenvalue weighted by molar-refractivity contribution is -0.118. The fraction of sp³-hybridized carbons (Fsp3) is 0.263. The molecular weight excluding hydrogens is 422 g/mol. The minimum atomic E-state index is -0.179. The number of rotatable bonds is 10. The summed E-state index contributed by atoms with van der Waals surface area (Å²) < 4.78 is 16.9. The molecule has 1 amide bonds. The maximum Gasteiger partial charge on any atom is 0.264 e. The number of methoxy groups -OCH3 is 2. The second-order valence-corrected chi connectivity index (χ2v) is 7.14. The molecule has 11 nitrogen and oxygen atoms in total. The highest BCUT2D eigenvalue weighted by Gasteiger charge is 2.13. The fourth-order valence-electron chi connectivity index (χ4n) is 2.49. The quantitative estimate of drug-likeness (QED) is 0.184. The van der Waals surface area contributed by atoms with Gasteiger partial charge in [0.1, 0.15) is 5.76 Å². The molecule has 0 unspecified atom stereocenters. The van der Waals surface area contributed by atoms with Gasteiger partial charge in [-0.15, -0.1) is 10.2 Å². The highest BCUT2D eigenvalue weighted by Crippen LogP contribution is 2.27. The van der Waals surface area contributed by atoms with E-state index in [2.05, 4.69) is 26.0 Å². The van der Waals surface area contributed by atoms with Gasteiger partial charge in [0.2, 0.25) is 11.1 Å². The molecule has 0 aliphatic carbocycles. The van der Waals surface area contributed by atoms with Gasteiger partial charge < -0.3 is 25.1 Å². The number of thioether (sulfide) groups is 1. The molecule has 2 heterocycles. The molecule has 0 aliphatic rings. The van der Waals surface area contributed by atoms with Crippen molar-refractivity contribution in [3.05, 3.63) is 47.9 Å². The third-order valence-corrected chi connectivity index (χ3v) is 5.10. The molecule has 12 heteroatoms. The van der Waals surface area contributed by atoms with Gasteiger partial charge in [0, 0.05) is 5.56 Å². The highest BCUT2D eigenvalue weighted by molar-refractivity contribution is 7.99. The Morgan fingerprint density at radius 2 is 2.06 bits per heavy atom. The summed E-state index contributed by atoms with van der Waals surface area (Å²) in [6, 6.07) is 9.01. The Kier molecular flexibility index (Phi) is 7.38. The van der Waals surface area contributed by atoms with E-state index in [1.165, 1.54) is 4.68 Å². The molecule has 1 aromatic carbocycles. The number of carbonyl (C=O) groups is 1. The SMILES string of the molecule is COc1ccc(/C(C)=N/Nc2nnc(SCC(=O)NCc3ccco3)n2N)cc1OC. The van der Waals surface area contributed by atoms with Crippen LogP contribution in [0.25, 0.3) is 0 Å². The van der Waals surface area contributed by atoms with Crippen LogP contribution >= 0.6 is 11.8 Å². The van der Waals surface area contributed by atoms with Crippen molar-refractivity contribution in [2.24, 2.45) is 5.10 Å². The molecule has 0 atom stereocenters. The van der Waals surface area contributed by atoms with Crippen LogP contribution in [0.1, 0.15) is 18.2 Å². The Bertz CT molecular complexity index is 1050. The summed E-state index contributed by atoms with van der Waals surface area (Å²) in [6.07, 6.45) is 1.55. The summed E-state index contributed by atoms with van der Waals surface area (Å²) in [5.74, 6) is 8.09. The average molecular weight is 446 g/mol. The van der Waals surface area contributed by atoms with Gasteiger partial charge in [0.15, 0.2) is 11.5 Å². The molecule has 3 aromatic rings. The number of nitrogen functional groups attached to an aromatic ring is 1. The summed E-state index contributed by atoms with van der Waals surface area (Å²) in [5.41, 5.74) is 4.29. The molecule has 3 rings (SSSR count). The third-order valence-electron chi connectivity index (χ3n) is 4.16. The molecule has 0 spiro atoms. The minimum absolute atomic E-state index is 0.129.